The zero-order chi connectivity index (χ0) is 51.0. The first kappa shape index (κ1) is 52.1. The number of hydrogen-bond acceptors (Lipinski definition) is 7. The summed E-state index contributed by atoms with van der Waals surface area (Å²) >= 11 is 5.34. The molecule has 2 unspecified atom stereocenters. The fourth-order valence-electron chi connectivity index (χ4n) is 8.38. The van der Waals surface area contributed by atoms with Crippen LogP contribution in [0.1, 0.15) is 118 Å². The average molecular weight is 1010 g/mol. The number of rotatable bonds is 19. The maximum atomic E-state index is 13.7. The van der Waals surface area contributed by atoms with Crippen LogP contribution in [0.5, 0.6) is 17.2 Å². The molecule has 0 aromatic heterocycles. The minimum absolute atomic E-state index is 0.00230. The highest BCUT2D eigenvalue weighted by atomic mass is 32.2. The largest absolute Gasteiger partial charge is 0.490 e. The lowest BCUT2D eigenvalue weighted by Gasteiger charge is -2.35. The maximum absolute atomic E-state index is 13.7. The summed E-state index contributed by atoms with van der Waals surface area (Å²) < 4.78 is 12.9. The summed E-state index contributed by atoms with van der Waals surface area (Å²) in [5.74, 6) is 2.16. The lowest BCUT2D eigenvalue weighted by molar-refractivity contribution is 0.103. The Morgan fingerprint density at radius 1 is 0.417 bits per heavy atom. The molecule has 4 nitrogen and oxygen atoms in total. The zero-order valence-corrected chi connectivity index (χ0v) is 45.3. The Kier molecular flexibility index (Phi) is 16.4. The molecule has 8 aromatic rings. The smallest absolute Gasteiger partial charge is 0.193 e. The van der Waals surface area contributed by atoms with E-state index in [1.807, 2.05) is 121 Å². The van der Waals surface area contributed by atoms with Crippen molar-refractivity contribution < 1.29 is 19.1 Å². The van der Waals surface area contributed by atoms with Crippen molar-refractivity contribution >= 4 is 46.9 Å². The standard InChI is InChI=1S/C65H64O4S3/c1-10-64(7,8)51-24-12-47(13-25-51)61(66)49-20-32-55(33-21-49)69-54-30-18-46(19-31-54)45-16-28-53(29-17-45)68-44(3)65(9,11-2)52-26-14-48(15-27-52)62(67)50-22-34-56(35-23-50)70-57-36-38-58(39-37-57)71-59-40-42-60(43-41-59)72-63(4,5)6/h12-44H,10-11H2,1-9H3. The van der Waals surface area contributed by atoms with Gasteiger partial charge in [-0.1, -0.05) is 152 Å². The molecule has 72 heavy (non-hydrogen) atoms. The van der Waals surface area contributed by atoms with Crippen LogP contribution in [-0.4, -0.2) is 22.4 Å². The van der Waals surface area contributed by atoms with Crippen LogP contribution >= 0.6 is 35.3 Å². The second kappa shape index (κ2) is 22.7. The molecule has 0 heterocycles. The molecular formula is C65H64O4S3. The molecule has 0 N–H and O–H groups in total. The van der Waals surface area contributed by atoms with Gasteiger partial charge in [0, 0.05) is 56.9 Å². The van der Waals surface area contributed by atoms with Gasteiger partial charge in [0.25, 0.3) is 0 Å². The van der Waals surface area contributed by atoms with E-state index in [9.17, 15) is 9.59 Å². The van der Waals surface area contributed by atoms with Crippen molar-refractivity contribution in [1.82, 2.24) is 0 Å². The summed E-state index contributed by atoms with van der Waals surface area (Å²) in [5.41, 5.74) is 6.88. The molecule has 0 aliphatic rings. The molecule has 0 fully saturated rings. The van der Waals surface area contributed by atoms with E-state index in [2.05, 4.69) is 147 Å². The Balaban J connectivity index is 0.815. The minimum atomic E-state index is -0.295. The van der Waals surface area contributed by atoms with Crippen LogP contribution in [0.25, 0.3) is 11.1 Å². The minimum Gasteiger partial charge on any atom is -0.490 e. The molecule has 0 aliphatic heterocycles. The molecule has 2 atom stereocenters. The lowest BCUT2D eigenvalue weighted by atomic mass is 9.75. The third-order valence-electron chi connectivity index (χ3n) is 13.6. The molecule has 8 aromatic carbocycles. The third kappa shape index (κ3) is 13.0. The van der Waals surface area contributed by atoms with Crippen molar-refractivity contribution in [3.63, 3.8) is 0 Å². The third-order valence-corrected chi connectivity index (χ3v) is 16.8. The summed E-state index contributed by atoms with van der Waals surface area (Å²) in [6.07, 6.45) is 1.74. The van der Waals surface area contributed by atoms with Gasteiger partial charge in [-0.25, -0.2) is 0 Å². The van der Waals surface area contributed by atoms with E-state index in [1.165, 1.54) is 20.2 Å². The second-order valence-electron chi connectivity index (χ2n) is 20.1. The Labute approximate surface area is 440 Å². The van der Waals surface area contributed by atoms with Crippen LogP contribution in [-0.2, 0) is 10.8 Å². The molecular weight excluding hydrogens is 941 g/mol. The van der Waals surface area contributed by atoms with Gasteiger partial charge in [-0.3, -0.25) is 9.59 Å². The molecule has 0 radical (unpaired) electrons. The van der Waals surface area contributed by atoms with E-state index >= 15 is 0 Å². The van der Waals surface area contributed by atoms with Crippen molar-refractivity contribution in [3.8, 4) is 28.4 Å². The van der Waals surface area contributed by atoms with Gasteiger partial charge >= 0.3 is 0 Å². The normalized spacial score (nSPS) is 13.0. The fraction of sp³-hybridized carbons (Fsp3) is 0.231. The topological polar surface area (TPSA) is 52.6 Å². The Morgan fingerprint density at radius 2 is 0.750 bits per heavy atom. The van der Waals surface area contributed by atoms with Gasteiger partial charge in [-0.05, 0) is 169 Å². The first-order chi connectivity index (χ1) is 34.5. The predicted molar refractivity (Wildman–Crippen MR) is 302 cm³/mol. The number of carbonyl (C=O) groups excluding carboxylic acids is 2. The van der Waals surface area contributed by atoms with Gasteiger partial charge < -0.3 is 9.47 Å². The number of ketones is 2. The van der Waals surface area contributed by atoms with E-state index in [1.54, 1.807) is 23.5 Å². The van der Waals surface area contributed by atoms with E-state index in [-0.39, 0.29) is 33.2 Å². The highest BCUT2D eigenvalue weighted by molar-refractivity contribution is 8.00. The van der Waals surface area contributed by atoms with E-state index < -0.39 is 0 Å². The number of carbonyl (C=O) groups is 2. The average Bonchev–Trinajstić information content (AvgIpc) is 3.39. The highest BCUT2D eigenvalue weighted by Crippen LogP contribution is 2.38. The first-order valence-electron chi connectivity index (χ1n) is 24.8. The van der Waals surface area contributed by atoms with Crippen LogP contribution in [0.15, 0.2) is 219 Å². The maximum Gasteiger partial charge on any atom is 0.193 e. The van der Waals surface area contributed by atoms with Gasteiger partial charge in [-0.2, -0.15) is 0 Å². The SMILES string of the molecule is CCC(C)(C)c1ccc(C(=O)c2ccc(Oc3ccc(-c4ccc(OC(C)C(C)(CC)c5ccc(C(=O)c6ccc(Sc7ccc(Sc8ccc(SC(C)(C)C)cc8)cc7)cc6)cc5)cc4)cc3)cc2)cc1. The van der Waals surface area contributed by atoms with E-state index in [4.69, 9.17) is 9.47 Å². The predicted octanol–water partition coefficient (Wildman–Crippen LogP) is 18.6. The van der Waals surface area contributed by atoms with Gasteiger partial charge in [-0.15, -0.1) is 11.8 Å². The first-order valence-corrected chi connectivity index (χ1v) is 27.2. The molecule has 0 saturated heterocycles. The molecule has 0 spiro atoms. The van der Waals surface area contributed by atoms with Crippen molar-refractivity contribution in [2.45, 2.75) is 121 Å². The van der Waals surface area contributed by atoms with Gasteiger partial charge in [0.1, 0.15) is 23.4 Å². The Bertz CT molecular complexity index is 3060. The van der Waals surface area contributed by atoms with Crippen LogP contribution in [0, 0.1) is 0 Å². The van der Waals surface area contributed by atoms with Crippen molar-refractivity contribution in [3.05, 3.63) is 228 Å². The van der Waals surface area contributed by atoms with Gasteiger partial charge in [0.2, 0.25) is 0 Å². The number of ether oxygens (including phenoxy) is 2. The monoisotopic (exact) mass is 1000 g/mol. The van der Waals surface area contributed by atoms with E-state index in [0.29, 0.717) is 33.8 Å². The lowest BCUT2D eigenvalue weighted by Crippen LogP contribution is -2.38. The van der Waals surface area contributed by atoms with Crippen LogP contribution in [0.4, 0.5) is 0 Å². The second-order valence-corrected chi connectivity index (χ2v) is 24.3. The van der Waals surface area contributed by atoms with Crippen molar-refractivity contribution in [2.24, 2.45) is 0 Å². The molecule has 0 amide bonds. The Morgan fingerprint density at radius 3 is 1.14 bits per heavy atom. The van der Waals surface area contributed by atoms with E-state index in [0.717, 1.165) is 45.1 Å². The summed E-state index contributed by atoms with van der Waals surface area (Å²) in [7, 11) is 0. The van der Waals surface area contributed by atoms with Crippen molar-refractivity contribution in [2.75, 3.05) is 0 Å². The quantitative estimate of drug-likeness (QED) is 0.0591. The molecule has 0 aliphatic carbocycles. The summed E-state index contributed by atoms with van der Waals surface area (Å²) in [5, 5.41) is 0. The van der Waals surface area contributed by atoms with Crippen LogP contribution in [0.2, 0.25) is 0 Å². The van der Waals surface area contributed by atoms with Crippen LogP contribution < -0.4 is 9.47 Å². The van der Waals surface area contributed by atoms with Gasteiger partial charge in [0.05, 0.1) is 0 Å². The summed E-state index contributed by atoms with van der Waals surface area (Å²) in [6, 6.07) is 64.9. The summed E-state index contributed by atoms with van der Waals surface area (Å²) in [6.45, 7) is 19.8. The number of thioether (sulfide) groups is 1. The van der Waals surface area contributed by atoms with Crippen molar-refractivity contribution in [1.29, 1.82) is 0 Å². The highest BCUT2D eigenvalue weighted by Gasteiger charge is 2.33. The van der Waals surface area contributed by atoms with Crippen LogP contribution in [0.3, 0.4) is 0 Å². The Hall–Kier alpha value is -6.25. The molecule has 0 bridgehead atoms. The number of benzene rings is 8. The molecule has 0 saturated carbocycles. The number of hydrogen-bond donors (Lipinski definition) is 0. The van der Waals surface area contributed by atoms with Gasteiger partial charge in [0.15, 0.2) is 11.6 Å². The zero-order valence-electron chi connectivity index (χ0n) is 42.8. The molecule has 8 rings (SSSR count). The summed E-state index contributed by atoms with van der Waals surface area (Å²) in [4.78, 5) is 32.8. The molecule has 366 valence electrons. The molecule has 7 heteroatoms. The fourth-order valence-corrected chi connectivity index (χ4v) is 11.0.